The minimum absolute atomic E-state index is 0.214. The Bertz CT molecular complexity index is 1180. The molecule has 7 heteroatoms. The molecule has 0 aliphatic rings. The SMILES string of the molecule is N#Cc1ccc(CSc2nnc(NC(=O)c3ccc(-c4ccccc4)cc3)s2)cc1. The summed E-state index contributed by atoms with van der Waals surface area (Å²) >= 11 is 2.88. The van der Waals surface area contributed by atoms with Crippen LogP contribution >= 0.6 is 23.1 Å². The summed E-state index contributed by atoms with van der Waals surface area (Å²) in [6, 6.07) is 27.1. The fourth-order valence-corrected chi connectivity index (χ4v) is 4.46. The Labute approximate surface area is 182 Å². The van der Waals surface area contributed by atoms with Crippen molar-refractivity contribution in [2.24, 2.45) is 0 Å². The maximum atomic E-state index is 12.5. The van der Waals surface area contributed by atoms with E-state index in [-0.39, 0.29) is 5.91 Å². The van der Waals surface area contributed by atoms with E-state index in [0.29, 0.717) is 16.3 Å². The van der Waals surface area contributed by atoms with Gasteiger partial charge < -0.3 is 0 Å². The van der Waals surface area contributed by atoms with Crippen LogP contribution in [0.1, 0.15) is 21.5 Å². The lowest BCUT2D eigenvalue weighted by Crippen LogP contribution is -2.11. The normalized spacial score (nSPS) is 10.4. The van der Waals surface area contributed by atoms with Crippen LogP contribution in [0.2, 0.25) is 0 Å². The molecule has 4 aromatic rings. The molecule has 0 aliphatic heterocycles. The first kappa shape index (κ1) is 19.8. The van der Waals surface area contributed by atoms with Crippen molar-refractivity contribution in [1.82, 2.24) is 10.2 Å². The number of carbonyl (C=O) groups excluding carboxylic acids is 1. The largest absolute Gasteiger partial charge is 0.296 e. The van der Waals surface area contributed by atoms with Crippen LogP contribution in [0.15, 0.2) is 83.2 Å². The molecule has 30 heavy (non-hydrogen) atoms. The van der Waals surface area contributed by atoms with Crippen LogP contribution in [-0.4, -0.2) is 16.1 Å². The van der Waals surface area contributed by atoms with E-state index < -0.39 is 0 Å². The fourth-order valence-electron chi connectivity index (χ4n) is 2.75. The van der Waals surface area contributed by atoms with Crippen molar-refractivity contribution in [1.29, 1.82) is 5.26 Å². The molecule has 1 aromatic heterocycles. The molecule has 0 atom stereocenters. The topological polar surface area (TPSA) is 78.7 Å². The van der Waals surface area contributed by atoms with Crippen LogP contribution in [-0.2, 0) is 5.75 Å². The van der Waals surface area contributed by atoms with Gasteiger partial charge in [-0.05, 0) is 41.0 Å². The van der Waals surface area contributed by atoms with Gasteiger partial charge in [-0.3, -0.25) is 10.1 Å². The number of nitriles is 1. The summed E-state index contributed by atoms with van der Waals surface area (Å²) in [5.74, 6) is 0.504. The molecular weight excluding hydrogens is 412 g/mol. The second-order valence-electron chi connectivity index (χ2n) is 6.37. The van der Waals surface area contributed by atoms with E-state index >= 15 is 0 Å². The number of benzene rings is 3. The van der Waals surface area contributed by atoms with Gasteiger partial charge in [-0.1, -0.05) is 77.7 Å². The van der Waals surface area contributed by atoms with E-state index in [2.05, 4.69) is 21.6 Å². The molecule has 0 fully saturated rings. The zero-order valence-corrected chi connectivity index (χ0v) is 17.4. The number of thioether (sulfide) groups is 1. The third-order valence-corrected chi connectivity index (χ3v) is 6.37. The average molecular weight is 429 g/mol. The number of hydrogen-bond acceptors (Lipinski definition) is 6. The maximum Gasteiger partial charge on any atom is 0.257 e. The van der Waals surface area contributed by atoms with Crippen LogP contribution in [0.25, 0.3) is 11.1 Å². The molecule has 0 saturated heterocycles. The number of carbonyl (C=O) groups is 1. The smallest absolute Gasteiger partial charge is 0.257 e. The van der Waals surface area contributed by atoms with Crippen LogP contribution in [0, 0.1) is 11.3 Å². The predicted octanol–water partition coefficient (Wildman–Crippen LogP) is 5.62. The first-order valence-electron chi connectivity index (χ1n) is 9.13. The summed E-state index contributed by atoms with van der Waals surface area (Å²) < 4.78 is 0.772. The lowest BCUT2D eigenvalue weighted by molar-refractivity contribution is 0.102. The Morgan fingerprint density at radius 1 is 0.933 bits per heavy atom. The Morgan fingerprint density at radius 2 is 1.63 bits per heavy atom. The Hall–Kier alpha value is -3.47. The number of amides is 1. The van der Waals surface area contributed by atoms with E-state index in [1.54, 1.807) is 36.0 Å². The first-order valence-corrected chi connectivity index (χ1v) is 10.9. The molecule has 1 N–H and O–H groups in total. The van der Waals surface area contributed by atoms with E-state index in [1.807, 2.05) is 54.6 Å². The van der Waals surface area contributed by atoms with Gasteiger partial charge in [0.2, 0.25) is 5.13 Å². The minimum Gasteiger partial charge on any atom is -0.296 e. The molecule has 0 bridgehead atoms. The van der Waals surface area contributed by atoms with E-state index in [9.17, 15) is 4.79 Å². The van der Waals surface area contributed by atoms with Crippen LogP contribution in [0.4, 0.5) is 5.13 Å². The van der Waals surface area contributed by atoms with E-state index in [1.165, 1.54) is 11.3 Å². The number of rotatable bonds is 6. The highest BCUT2D eigenvalue weighted by Crippen LogP contribution is 2.28. The van der Waals surface area contributed by atoms with Crippen molar-refractivity contribution >= 4 is 34.1 Å². The summed E-state index contributed by atoms with van der Waals surface area (Å²) in [6.07, 6.45) is 0. The fraction of sp³-hybridized carbons (Fsp3) is 0.0435. The van der Waals surface area contributed by atoms with Gasteiger partial charge in [0, 0.05) is 11.3 Å². The Kier molecular flexibility index (Phi) is 6.18. The standard InChI is InChI=1S/C23H16N4OS2/c24-14-16-6-8-17(9-7-16)15-29-23-27-26-22(30-23)25-21(28)20-12-10-19(11-13-20)18-4-2-1-3-5-18/h1-13H,15H2,(H,25,26,28). The second kappa shape index (κ2) is 9.35. The summed E-state index contributed by atoms with van der Waals surface area (Å²) in [5.41, 5.74) is 4.47. The second-order valence-corrected chi connectivity index (χ2v) is 8.57. The van der Waals surface area contributed by atoms with Crippen LogP contribution in [0.5, 0.6) is 0 Å². The van der Waals surface area contributed by atoms with Crippen molar-refractivity contribution < 1.29 is 4.79 Å². The molecular formula is C23H16N4OS2. The maximum absolute atomic E-state index is 12.5. The molecule has 0 spiro atoms. The van der Waals surface area contributed by atoms with Crippen molar-refractivity contribution in [2.75, 3.05) is 5.32 Å². The van der Waals surface area contributed by atoms with Crippen molar-refractivity contribution in [3.63, 3.8) is 0 Å². The van der Waals surface area contributed by atoms with Gasteiger partial charge in [0.05, 0.1) is 11.6 Å². The predicted molar refractivity (Wildman–Crippen MR) is 120 cm³/mol. The highest BCUT2D eigenvalue weighted by atomic mass is 32.2. The molecule has 5 nitrogen and oxygen atoms in total. The minimum atomic E-state index is -0.214. The van der Waals surface area contributed by atoms with Gasteiger partial charge in [0.15, 0.2) is 4.34 Å². The molecule has 0 unspecified atom stereocenters. The monoisotopic (exact) mass is 428 g/mol. The Balaban J connectivity index is 1.35. The molecule has 0 saturated carbocycles. The van der Waals surface area contributed by atoms with Crippen molar-refractivity contribution in [3.05, 3.63) is 95.6 Å². The van der Waals surface area contributed by atoms with Gasteiger partial charge in [-0.25, -0.2) is 0 Å². The molecule has 1 amide bonds. The average Bonchev–Trinajstić information content (AvgIpc) is 3.26. The molecule has 1 heterocycles. The highest BCUT2D eigenvalue weighted by Gasteiger charge is 2.11. The summed E-state index contributed by atoms with van der Waals surface area (Å²) in [4.78, 5) is 12.5. The lowest BCUT2D eigenvalue weighted by Gasteiger charge is -2.04. The zero-order chi connectivity index (χ0) is 20.8. The summed E-state index contributed by atoms with van der Waals surface area (Å²) in [6.45, 7) is 0. The first-order chi connectivity index (χ1) is 14.7. The van der Waals surface area contributed by atoms with Crippen LogP contribution in [0.3, 0.4) is 0 Å². The van der Waals surface area contributed by atoms with Gasteiger partial charge in [-0.15, -0.1) is 10.2 Å². The molecule has 4 rings (SSSR count). The highest BCUT2D eigenvalue weighted by molar-refractivity contribution is 8.00. The Morgan fingerprint density at radius 3 is 2.33 bits per heavy atom. The van der Waals surface area contributed by atoms with E-state index in [4.69, 9.17) is 5.26 Å². The quantitative estimate of drug-likeness (QED) is 0.318. The summed E-state index contributed by atoms with van der Waals surface area (Å²) in [7, 11) is 0. The molecule has 0 aliphatic carbocycles. The number of anilines is 1. The van der Waals surface area contributed by atoms with Gasteiger partial charge in [0.1, 0.15) is 0 Å². The van der Waals surface area contributed by atoms with Crippen LogP contribution < -0.4 is 5.32 Å². The van der Waals surface area contributed by atoms with Gasteiger partial charge >= 0.3 is 0 Å². The van der Waals surface area contributed by atoms with E-state index in [0.717, 1.165) is 26.8 Å². The third-order valence-electron chi connectivity index (χ3n) is 4.33. The lowest BCUT2D eigenvalue weighted by atomic mass is 10.0. The molecule has 146 valence electrons. The number of nitrogens with zero attached hydrogens (tertiary/aromatic N) is 3. The molecule has 3 aromatic carbocycles. The number of nitrogens with one attached hydrogen (secondary N) is 1. The van der Waals surface area contributed by atoms with Gasteiger partial charge in [0.25, 0.3) is 5.91 Å². The zero-order valence-electron chi connectivity index (χ0n) is 15.8. The van der Waals surface area contributed by atoms with Crippen molar-refractivity contribution in [3.8, 4) is 17.2 Å². The molecule has 0 radical (unpaired) electrons. The summed E-state index contributed by atoms with van der Waals surface area (Å²) in [5, 5.41) is 20.3. The number of aromatic nitrogens is 2. The van der Waals surface area contributed by atoms with Gasteiger partial charge in [-0.2, -0.15) is 5.26 Å². The number of hydrogen-bond donors (Lipinski definition) is 1. The van der Waals surface area contributed by atoms with Crippen molar-refractivity contribution in [2.45, 2.75) is 10.1 Å². The third kappa shape index (κ3) is 4.92.